The van der Waals surface area contributed by atoms with Gasteiger partial charge < -0.3 is 10.6 Å². The van der Waals surface area contributed by atoms with Crippen LogP contribution in [-0.4, -0.2) is 18.6 Å². The van der Waals surface area contributed by atoms with E-state index in [0.29, 0.717) is 0 Å². The van der Waals surface area contributed by atoms with E-state index in [1.54, 1.807) is 7.05 Å². The SMILES string of the molecule is CCC1CCC(C#N)(NC(=O)NC)CC1. The molecule has 0 aromatic rings. The highest BCUT2D eigenvalue weighted by Crippen LogP contribution is 2.33. The molecule has 2 N–H and O–H groups in total. The minimum absolute atomic E-state index is 0.258. The van der Waals surface area contributed by atoms with E-state index in [1.807, 2.05) is 0 Å². The maximum Gasteiger partial charge on any atom is 0.315 e. The van der Waals surface area contributed by atoms with Gasteiger partial charge in [-0.2, -0.15) is 5.26 Å². The molecule has 1 saturated carbocycles. The van der Waals surface area contributed by atoms with Gasteiger partial charge in [0, 0.05) is 7.05 Å². The maximum absolute atomic E-state index is 11.2. The molecule has 84 valence electrons. The van der Waals surface area contributed by atoms with Crippen molar-refractivity contribution in [3.05, 3.63) is 0 Å². The van der Waals surface area contributed by atoms with E-state index in [-0.39, 0.29) is 6.03 Å². The molecule has 0 unspecified atom stereocenters. The number of nitrogens with zero attached hydrogens (tertiary/aromatic N) is 1. The van der Waals surface area contributed by atoms with Crippen molar-refractivity contribution < 1.29 is 4.79 Å². The third-order valence-electron chi connectivity index (χ3n) is 3.33. The van der Waals surface area contributed by atoms with E-state index in [0.717, 1.165) is 31.6 Å². The van der Waals surface area contributed by atoms with Gasteiger partial charge in [-0.15, -0.1) is 0 Å². The summed E-state index contributed by atoms with van der Waals surface area (Å²) in [5.74, 6) is 0.720. The van der Waals surface area contributed by atoms with Crippen molar-refractivity contribution >= 4 is 6.03 Å². The number of rotatable bonds is 2. The summed E-state index contributed by atoms with van der Waals surface area (Å²) in [6, 6.07) is 2.00. The Kier molecular flexibility index (Phi) is 3.96. The van der Waals surface area contributed by atoms with Gasteiger partial charge in [0.1, 0.15) is 5.54 Å². The first-order chi connectivity index (χ1) is 7.15. The fourth-order valence-corrected chi connectivity index (χ4v) is 2.12. The molecule has 1 rings (SSSR count). The predicted molar refractivity (Wildman–Crippen MR) is 58.2 cm³/mol. The highest BCUT2D eigenvalue weighted by Gasteiger charge is 2.36. The predicted octanol–water partition coefficient (Wildman–Crippen LogP) is 1.78. The molecule has 0 aromatic carbocycles. The molecule has 1 aliphatic carbocycles. The number of amides is 2. The zero-order chi connectivity index (χ0) is 11.3. The fourth-order valence-electron chi connectivity index (χ4n) is 2.12. The topological polar surface area (TPSA) is 64.9 Å². The van der Waals surface area contributed by atoms with E-state index in [9.17, 15) is 4.79 Å². The van der Waals surface area contributed by atoms with Crippen LogP contribution in [0.1, 0.15) is 39.0 Å². The quantitative estimate of drug-likeness (QED) is 0.728. The molecule has 0 spiro atoms. The van der Waals surface area contributed by atoms with Gasteiger partial charge in [0.05, 0.1) is 6.07 Å². The van der Waals surface area contributed by atoms with Gasteiger partial charge in [-0.25, -0.2) is 4.79 Å². The van der Waals surface area contributed by atoms with Gasteiger partial charge in [0.15, 0.2) is 0 Å². The normalized spacial score (nSPS) is 30.3. The molecule has 0 saturated heterocycles. The Bertz CT molecular complexity index is 261. The minimum Gasteiger partial charge on any atom is -0.341 e. The summed E-state index contributed by atoms with van der Waals surface area (Å²) in [5.41, 5.74) is -0.633. The summed E-state index contributed by atoms with van der Waals surface area (Å²) in [6.07, 6.45) is 4.79. The lowest BCUT2D eigenvalue weighted by atomic mass is 9.76. The molecule has 0 radical (unpaired) electrons. The number of carbonyl (C=O) groups is 1. The van der Waals surface area contributed by atoms with Crippen LogP contribution in [-0.2, 0) is 0 Å². The lowest BCUT2D eigenvalue weighted by Crippen LogP contribution is -2.52. The fraction of sp³-hybridized carbons (Fsp3) is 0.818. The first kappa shape index (κ1) is 11.8. The number of carbonyl (C=O) groups excluding carboxylic acids is 1. The molecule has 4 heteroatoms. The van der Waals surface area contributed by atoms with Crippen LogP contribution < -0.4 is 10.6 Å². The second-order valence-electron chi connectivity index (χ2n) is 4.25. The first-order valence-corrected chi connectivity index (χ1v) is 5.57. The van der Waals surface area contributed by atoms with Crippen LogP contribution >= 0.6 is 0 Å². The summed E-state index contributed by atoms with van der Waals surface area (Å²) >= 11 is 0. The molecule has 0 atom stereocenters. The molecular weight excluding hydrogens is 190 g/mol. The zero-order valence-corrected chi connectivity index (χ0v) is 9.47. The number of urea groups is 1. The molecule has 0 heterocycles. The van der Waals surface area contributed by atoms with Crippen molar-refractivity contribution in [2.24, 2.45) is 5.92 Å². The average Bonchev–Trinajstić information content (AvgIpc) is 2.30. The van der Waals surface area contributed by atoms with E-state index < -0.39 is 5.54 Å². The van der Waals surface area contributed by atoms with Crippen LogP contribution in [0.4, 0.5) is 4.79 Å². The van der Waals surface area contributed by atoms with Gasteiger partial charge in [-0.3, -0.25) is 0 Å². The standard InChI is InChI=1S/C11H19N3O/c1-3-9-4-6-11(8-12,7-5-9)14-10(15)13-2/h9H,3-7H2,1-2H3,(H2,13,14,15). The lowest BCUT2D eigenvalue weighted by Gasteiger charge is -2.35. The summed E-state index contributed by atoms with van der Waals surface area (Å²) in [5, 5.41) is 14.4. The summed E-state index contributed by atoms with van der Waals surface area (Å²) in [4.78, 5) is 11.2. The third kappa shape index (κ3) is 2.85. The molecule has 1 fully saturated rings. The van der Waals surface area contributed by atoms with Gasteiger partial charge in [0.2, 0.25) is 0 Å². The van der Waals surface area contributed by atoms with Gasteiger partial charge in [-0.05, 0) is 31.6 Å². The molecule has 0 aromatic heterocycles. The highest BCUT2D eigenvalue weighted by atomic mass is 16.2. The molecule has 0 aliphatic heterocycles. The highest BCUT2D eigenvalue weighted by molar-refractivity contribution is 5.75. The Hall–Kier alpha value is -1.24. The largest absolute Gasteiger partial charge is 0.341 e. The van der Waals surface area contributed by atoms with Crippen molar-refractivity contribution in [1.29, 1.82) is 5.26 Å². The summed E-state index contributed by atoms with van der Waals surface area (Å²) in [6.45, 7) is 2.18. The van der Waals surface area contributed by atoms with E-state index in [1.165, 1.54) is 6.42 Å². The van der Waals surface area contributed by atoms with Crippen LogP contribution in [0.15, 0.2) is 0 Å². The second kappa shape index (κ2) is 5.01. The van der Waals surface area contributed by atoms with Crippen LogP contribution in [0.3, 0.4) is 0 Å². The maximum atomic E-state index is 11.2. The zero-order valence-electron chi connectivity index (χ0n) is 9.47. The van der Waals surface area contributed by atoms with Crippen LogP contribution in [0.5, 0.6) is 0 Å². The van der Waals surface area contributed by atoms with E-state index in [4.69, 9.17) is 5.26 Å². The van der Waals surface area contributed by atoms with Crippen molar-refractivity contribution in [2.75, 3.05) is 7.05 Å². The monoisotopic (exact) mass is 209 g/mol. The number of hydrogen-bond donors (Lipinski definition) is 2. The third-order valence-corrected chi connectivity index (χ3v) is 3.33. The van der Waals surface area contributed by atoms with Gasteiger partial charge in [-0.1, -0.05) is 13.3 Å². The van der Waals surface area contributed by atoms with Crippen LogP contribution in [0, 0.1) is 17.2 Å². The van der Waals surface area contributed by atoms with Gasteiger partial charge >= 0.3 is 6.03 Å². The summed E-state index contributed by atoms with van der Waals surface area (Å²) in [7, 11) is 1.57. The first-order valence-electron chi connectivity index (χ1n) is 5.57. The van der Waals surface area contributed by atoms with E-state index in [2.05, 4.69) is 23.6 Å². The molecular formula is C11H19N3O. The molecule has 0 bridgehead atoms. The molecule has 15 heavy (non-hydrogen) atoms. The van der Waals surface area contributed by atoms with Crippen molar-refractivity contribution in [3.63, 3.8) is 0 Å². The number of nitriles is 1. The Morgan fingerprint density at radius 3 is 2.53 bits per heavy atom. The molecule has 1 aliphatic rings. The smallest absolute Gasteiger partial charge is 0.315 e. The second-order valence-corrected chi connectivity index (χ2v) is 4.25. The van der Waals surface area contributed by atoms with Crippen LogP contribution in [0.2, 0.25) is 0 Å². The van der Waals surface area contributed by atoms with Gasteiger partial charge in [0.25, 0.3) is 0 Å². The Morgan fingerprint density at radius 1 is 1.53 bits per heavy atom. The van der Waals surface area contributed by atoms with Crippen LogP contribution in [0.25, 0.3) is 0 Å². The summed E-state index contributed by atoms with van der Waals surface area (Å²) < 4.78 is 0. The number of hydrogen-bond acceptors (Lipinski definition) is 2. The Morgan fingerprint density at radius 2 is 2.13 bits per heavy atom. The van der Waals surface area contributed by atoms with Crippen molar-refractivity contribution in [3.8, 4) is 6.07 Å². The minimum atomic E-state index is -0.633. The van der Waals surface area contributed by atoms with E-state index >= 15 is 0 Å². The average molecular weight is 209 g/mol. The number of nitrogens with one attached hydrogen (secondary N) is 2. The lowest BCUT2D eigenvalue weighted by molar-refractivity contribution is 0.209. The van der Waals surface area contributed by atoms with Crippen molar-refractivity contribution in [2.45, 2.75) is 44.6 Å². The molecule has 2 amide bonds. The Labute approximate surface area is 91.0 Å². The Balaban J connectivity index is 2.57. The molecule has 4 nitrogen and oxygen atoms in total. The van der Waals surface area contributed by atoms with Crippen molar-refractivity contribution in [1.82, 2.24) is 10.6 Å².